The average Bonchev–Trinajstić information content (AvgIpc) is 2.85. The third kappa shape index (κ3) is 8.51. The van der Waals surface area contributed by atoms with E-state index in [1.54, 1.807) is 30.3 Å². The molecule has 0 fully saturated rings. The number of sulfonamides is 2. The summed E-state index contributed by atoms with van der Waals surface area (Å²) >= 11 is 7.94. The smallest absolute Gasteiger partial charge is 0.240 e. The molecule has 2 aromatic heterocycles. The lowest BCUT2D eigenvalue weighted by atomic mass is 10.4. The van der Waals surface area contributed by atoms with E-state index in [-0.39, 0.29) is 14.7 Å². The molecule has 37 heavy (non-hydrogen) atoms. The van der Waals surface area contributed by atoms with Crippen molar-refractivity contribution in [3.63, 3.8) is 0 Å². The zero-order chi connectivity index (χ0) is 27.2. The summed E-state index contributed by atoms with van der Waals surface area (Å²) in [5.41, 5.74) is 0. The van der Waals surface area contributed by atoms with E-state index in [9.17, 15) is 21.0 Å². The van der Waals surface area contributed by atoms with Crippen molar-refractivity contribution in [2.24, 2.45) is 10.3 Å². The van der Waals surface area contributed by atoms with Gasteiger partial charge in [0.05, 0.1) is 15.7 Å². The van der Waals surface area contributed by atoms with Gasteiger partial charge in [0.25, 0.3) is 0 Å². The van der Waals surface area contributed by atoms with E-state index in [1.165, 1.54) is 36.4 Å². The van der Waals surface area contributed by atoms with Crippen LogP contribution < -0.4 is 10.3 Å². The Bertz CT molecular complexity index is 1630. The van der Waals surface area contributed by atoms with E-state index >= 15 is 0 Å². The first-order valence-corrected chi connectivity index (χ1v) is 16.5. The van der Waals surface area contributed by atoms with Crippen molar-refractivity contribution in [1.82, 2.24) is 9.97 Å². The molecule has 0 aliphatic heterocycles. The Labute approximate surface area is 237 Å². The van der Waals surface area contributed by atoms with Gasteiger partial charge in [-0.3, -0.25) is 9.97 Å². The quantitative estimate of drug-likeness (QED) is 0.300. The van der Waals surface area contributed by atoms with E-state index < -0.39 is 30.8 Å². The minimum Gasteiger partial charge on any atom is -0.263 e. The predicted octanol–water partition coefficient (Wildman–Crippen LogP) is 4.30. The van der Waals surface area contributed by atoms with Crippen LogP contribution in [0.3, 0.4) is 0 Å². The van der Waals surface area contributed by atoms with Gasteiger partial charge in [-0.2, -0.15) is 0 Å². The fourth-order valence-electron chi connectivity index (χ4n) is 2.71. The van der Waals surface area contributed by atoms with Crippen LogP contribution >= 0.6 is 43.6 Å². The first-order valence-electron chi connectivity index (χ1n) is 9.90. The van der Waals surface area contributed by atoms with Gasteiger partial charge in [-0.25, -0.2) is 31.3 Å². The van der Waals surface area contributed by atoms with Crippen molar-refractivity contribution in [2.75, 3.05) is 0 Å². The Hall–Kier alpha value is -1.98. The third-order valence-electron chi connectivity index (χ3n) is 4.38. The Morgan fingerprint density at radius 1 is 0.703 bits per heavy atom. The molecule has 0 aliphatic carbocycles. The Morgan fingerprint density at radius 3 is 1.73 bits per heavy atom. The van der Waals surface area contributed by atoms with E-state index in [4.69, 9.17) is 10.3 Å². The molecule has 0 amide bonds. The molecule has 9 nitrogen and oxygen atoms in total. The number of benzene rings is 2. The molecule has 0 bridgehead atoms. The lowest BCUT2D eigenvalue weighted by Gasteiger charge is -2.07. The predicted molar refractivity (Wildman–Crippen MR) is 148 cm³/mol. The fraction of sp³-hybridized carbons (Fsp3) is 0. The SMILES string of the molecule is NS(=O)(=O)c1cnccc1S(=O)c1ccc(Br)cc1.NS(=O)(=O)c1cnccc1Sc1ccc(Br)cc1. The molecule has 0 aliphatic rings. The Morgan fingerprint density at radius 2 is 1.19 bits per heavy atom. The van der Waals surface area contributed by atoms with Crippen LogP contribution in [0.15, 0.2) is 124 Å². The molecule has 15 heteroatoms. The van der Waals surface area contributed by atoms with Gasteiger partial charge in [-0.05, 0) is 60.7 Å². The molecule has 2 aromatic carbocycles. The van der Waals surface area contributed by atoms with Crippen LogP contribution in [0.5, 0.6) is 0 Å². The lowest BCUT2D eigenvalue weighted by molar-refractivity contribution is 0.593. The summed E-state index contributed by atoms with van der Waals surface area (Å²) in [6, 6.07) is 17.3. The first kappa shape index (κ1) is 29.6. The molecule has 194 valence electrons. The second-order valence-corrected chi connectivity index (χ2v) is 14.5. The maximum Gasteiger partial charge on any atom is 0.240 e. The molecule has 4 rings (SSSR count). The standard InChI is InChI=1S/C11H9BrN2O3S2.C11H9BrN2O2S2/c12-8-1-3-9(4-2-8)18(15)10-5-6-14-7-11(10)19(13,16)17;12-8-1-3-9(4-2-8)17-10-5-6-14-7-11(10)18(13,15)16/h1-7H,(H2,13,16,17);1-7H,(H2,13,15,16). The van der Waals surface area contributed by atoms with E-state index in [1.807, 2.05) is 24.3 Å². The van der Waals surface area contributed by atoms with Crippen LogP contribution in [-0.2, 0) is 30.8 Å². The molecule has 0 saturated carbocycles. The second-order valence-electron chi connectivity index (χ2n) is 7.01. The monoisotopic (exact) mass is 704 g/mol. The van der Waals surface area contributed by atoms with Gasteiger partial charge in [0.15, 0.2) is 0 Å². The third-order valence-corrected chi connectivity index (χ3v) is 10.1. The summed E-state index contributed by atoms with van der Waals surface area (Å²) < 4.78 is 59.9. The van der Waals surface area contributed by atoms with Gasteiger partial charge in [0.2, 0.25) is 20.0 Å². The number of hydrogen-bond donors (Lipinski definition) is 2. The second kappa shape index (κ2) is 12.7. The molecule has 1 unspecified atom stereocenters. The minimum atomic E-state index is -3.96. The highest BCUT2D eigenvalue weighted by atomic mass is 79.9. The highest BCUT2D eigenvalue weighted by Crippen LogP contribution is 2.32. The van der Waals surface area contributed by atoms with Crippen LogP contribution in [-0.4, -0.2) is 31.0 Å². The van der Waals surface area contributed by atoms with Crippen molar-refractivity contribution in [3.05, 3.63) is 94.4 Å². The van der Waals surface area contributed by atoms with E-state index in [0.717, 1.165) is 20.0 Å². The van der Waals surface area contributed by atoms with Crippen LogP contribution in [0.1, 0.15) is 0 Å². The van der Waals surface area contributed by atoms with Crippen molar-refractivity contribution in [3.8, 4) is 0 Å². The molecule has 0 radical (unpaired) electrons. The fourth-order valence-corrected chi connectivity index (χ4v) is 7.27. The molecular weight excluding hydrogens is 688 g/mol. The normalized spacial score (nSPS) is 12.3. The van der Waals surface area contributed by atoms with Gasteiger partial charge < -0.3 is 0 Å². The highest BCUT2D eigenvalue weighted by molar-refractivity contribution is 9.10. The maximum atomic E-state index is 12.4. The van der Waals surface area contributed by atoms with Crippen LogP contribution in [0.4, 0.5) is 0 Å². The van der Waals surface area contributed by atoms with Gasteiger partial charge in [-0.15, -0.1) is 0 Å². The molecule has 0 saturated heterocycles. The molecule has 4 N–H and O–H groups in total. The van der Waals surface area contributed by atoms with Gasteiger partial charge in [0.1, 0.15) is 9.79 Å². The number of nitrogens with zero attached hydrogens (tertiary/aromatic N) is 2. The van der Waals surface area contributed by atoms with Crippen molar-refractivity contribution >= 4 is 74.5 Å². The summed E-state index contributed by atoms with van der Waals surface area (Å²) in [6.07, 6.45) is 5.27. The van der Waals surface area contributed by atoms with Gasteiger partial charge in [0, 0.05) is 48.4 Å². The van der Waals surface area contributed by atoms with Crippen LogP contribution in [0.2, 0.25) is 0 Å². The van der Waals surface area contributed by atoms with Crippen molar-refractivity contribution < 1.29 is 21.0 Å². The number of halogens is 2. The Balaban J connectivity index is 0.000000206. The molecule has 0 spiro atoms. The zero-order valence-corrected chi connectivity index (χ0v) is 25.0. The summed E-state index contributed by atoms with van der Waals surface area (Å²) in [7, 11) is -9.35. The average molecular weight is 706 g/mol. The summed E-state index contributed by atoms with van der Waals surface area (Å²) in [4.78, 5) is 9.40. The topological polar surface area (TPSA) is 163 Å². The van der Waals surface area contributed by atoms with Gasteiger partial charge in [-0.1, -0.05) is 43.6 Å². The van der Waals surface area contributed by atoms with Gasteiger partial charge >= 0.3 is 0 Å². The minimum absolute atomic E-state index is 0.0397. The van der Waals surface area contributed by atoms with Crippen molar-refractivity contribution in [1.29, 1.82) is 0 Å². The molecule has 1 atom stereocenters. The zero-order valence-electron chi connectivity index (χ0n) is 18.6. The number of primary sulfonamides is 2. The Kier molecular flexibility index (Phi) is 10.2. The van der Waals surface area contributed by atoms with E-state index in [2.05, 4.69) is 41.8 Å². The lowest BCUT2D eigenvalue weighted by Crippen LogP contribution is -2.15. The van der Waals surface area contributed by atoms with E-state index in [0.29, 0.717) is 9.79 Å². The van der Waals surface area contributed by atoms with Crippen molar-refractivity contribution in [2.45, 2.75) is 29.4 Å². The number of nitrogens with two attached hydrogens (primary N) is 2. The largest absolute Gasteiger partial charge is 0.263 e. The number of rotatable bonds is 6. The number of pyridine rings is 2. The number of aromatic nitrogens is 2. The summed E-state index contributed by atoms with van der Waals surface area (Å²) in [5.74, 6) is 0. The molecular formula is C22H18Br2N4O5S4. The summed E-state index contributed by atoms with van der Waals surface area (Å²) in [6.45, 7) is 0. The molecule has 4 aromatic rings. The molecule has 2 heterocycles. The number of hydrogen-bond acceptors (Lipinski definition) is 8. The first-order chi connectivity index (χ1) is 17.4. The van der Waals surface area contributed by atoms with Crippen LogP contribution in [0, 0.1) is 0 Å². The highest BCUT2D eigenvalue weighted by Gasteiger charge is 2.19. The maximum absolute atomic E-state index is 12.4. The summed E-state index contributed by atoms with van der Waals surface area (Å²) in [5, 5.41) is 10.2. The van der Waals surface area contributed by atoms with Crippen LogP contribution in [0.25, 0.3) is 0 Å².